The normalized spacial score (nSPS) is 17.4. The zero-order valence-corrected chi connectivity index (χ0v) is 9.22. The Hall–Kier alpha value is -2.36. The van der Waals surface area contributed by atoms with Gasteiger partial charge in [-0.2, -0.15) is 0 Å². The average Bonchev–Trinajstić information content (AvgIpc) is 2.59. The average molecular weight is 228 g/mol. The van der Waals surface area contributed by atoms with Crippen LogP contribution in [-0.4, -0.2) is 23.4 Å². The summed E-state index contributed by atoms with van der Waals surface area (Å²) in [5, 5.41) is 2.54. The van der Waals surface area contributed by atoms with Gasteiger partial charge < -0.3 is 5.32 Å². The first kappa shape index (κ1) is 11.1. The molecule has 0 bridgehead atoms. The zero-order chi connectivity index (χ0) is 12.3. The Morgan fingerprint density at radius 2 is 1.94 bits per heavy atom. The first-order valence-electron chi connectivity index (χ1n) is 5.23. The van der Waals surface area contributed by atoms with Gasteiger partial charge in [-0.05, 0) is 11.6 Å². The van der Waals surface area contributed by atoms with E-state index in [0.29, 0.717) is 5.70 Å². The van der Waals surface area contributed by atoms with Crippen LogP contribution in [-0.2, 0) is 4.79 Å². The van der Waals surface area contributed by atoms with E-state index in [1.807, 2.05) is 30.3 Å². The number of amides is 3. The van der Waals surface area contributed by atoms with E-state index in [4.69, 9.17) is 0 Å². The molecule has 2 rings (SSSR count). The lowest BCUT2D eigenvalue weighted by Crippen LogP contribution is -2.30. The molecule has 0 radical (unpaired) electrons. The Balaban J connectivity index is 2.25. The number of carbonyl (C=O) groups excluding carboxylic acids is 2. The van der Waals surface area contributed by atoms with Crippen LogP contribution in [0.15, 0.2) is 48.7 Å². The maximum absolute atomic E-state index is 11.8. The minimum Gasteiger partial charge on any atom is -0.303 e. The van der Waals surface area contributed by atoms with Gasteiger partial charge in [0, 0.05) is 6.54 Å². The Bertz CT molecular complexity index is 491. The number of hydrogen-bond donors (Lipinski definition) is 1. The number of urea groups is 1. The lowest BCUT2D eigenvalue weighted by molar-refractivity contribution is -0.122. The van der Waals surface area contributed by atoms with Crippen LogP contribution in [0.3, 0.4) is 0 Å². The molecule has 1 fully saturated rings. The van der Waals surface area contributed by atoms with Gasteiger partial charge in [0.1, 0.15) is 5.70 Å². The monoisotopic (exact) mass is 228 g/mol. The largest absolute Gasteiger partial charge is 0.329 e. The van der Waals surface area contributed by atoms with Gasteiger partial charge in [0.2, 0.25) is 0 Å². The molecule has 0 spiro atoms. The van der Waals surface area contributed by atoms with Gasteiger partial charge in [-0.15, -0.1) is 6.58 Å². The molecule has 1 aliphatic heterocycles. The molecule has 4 nitrogen and oxygen atoms in total. The summed E-state index contributed by atoms with van der Waals surface area (Å²) < 4.78 is 0. The SMILES string of the molecule is C=CCN1C(=O)N/C(=C\c2ccccc2)C1=O. The molecule has 1 aromatic rings. The first-order valence-corrected chi connectivity index (χ1v) is 5.23. The van der Waals surface area contributed by atoms with Crippen LogP contribution in [0.2, 0.25) is 0 Å². The number of carbonyl (C=O) groups is 2. The number of nitrogens with one attached hydrogen (secondary N) is 1. The van der Waals surface area contributed by atoms with Crippen molar-refractivity contribution < 1.29 is 9.59 Å². The van der Waals surface area contributed by atoms with Crippen molar-refractivity contribution in [2.45, 2.75) is 0 Å². The van der Waals surface area contributed by atoms with Crippen molar-refractivity contribution >= 4 is 18.0 Å². The van der Waals surface area contributed by atoms with Crippen molar-refractivity contribution in [3.63, 3.8) is 0 Å². The Morgan fingerprint density at radius 3 is 2.59 bits per heavy atom. The third kappa shape index (κ3) is 2.25. The Kier molecular flexibility index (Phi) is 3.05. The summed E-state index contributed by atoms with van der Waals surface area (Å²) in [5.74, 6) is -0.321. The number of rotatable bonds is 3. The highest BCUT2D eigenvalue weighted by Crippen LogP contribution is 2.13. The molecule has 0 aliphatic carbocycles. The highest BCUT2D eigenvalue weighted by atomic mass is 16.2. The van der Waals surface area contributed by atoms with Crippen molar-refractivity contribution in [1.29, 1.82) is 0 Å². The molecule has 0 saturated carbocycles. The van der Waals surface area contributed by atoms with Crippen LogP contribution in [0.25, 0.3) is 6.08 Å². The van der Waals surface area contributed by atoms with E-state index >= 15 is 0 Å². The minimum absolute atomic E-state index is 0.219. The molecular weight excluding hydrogens is 216 g/mol. The molecule has 1 aromatic carbocycles. The fraction of sp³-hybridized carbons (Fsp3) is 0.0769. The standard InChI is InChI=1S/C13H12N2O2/c1-2-8-15-12(16)11(14-13(15)17)9-10-6-4-3-5-7-10/h2-7,9H,1,8H2,(H,14,17)/b11-9-. The fourth-order valence-electron chi connectivity index (χ4n) is 1.58. The van der Waals surface area contributed by atoms with E-state index in [9.17, 15) is 9.59 Å². The second-order valence-corrected chi connectivity index (χ2v) is 3.60. The van der Waals surface area contributed by atoms with Gasteiger partial charge >= 0.3 is 6.03 Å². The van der Waals surface area contributed by atoms with Gasteiger partial charge in [-0.3, -0.25) is 9.69 Å². The quantitative estimate of drug-likeness (QED) is 0.487. The molecule has 17 heavy (non-hydrogen) atoms. The van der Waals surface area contributed by atoms with Crippen LogP contribution in [0.4, 0.5) is 4.79 Å². The molecule has 1 saturated heterocycles. The molecule has 0 atom stereocenters. The van der Waals surface area contributed by atoms with Crippen molar-refractivity contribution in [2.75, 3.05) is 6.54 Å². The number of imide groups is 1. The van der Waals surface area contributed by atoms with Crippen molar-refractivity contribution in [2.24, 2.45) is 0 Å². The van der Waals surface area contributed by atoms with Gasteiger partial charge in [-0.1, -0.05) is 36.4 Å². The first-order chi connectivity index (χ1) is 8.22. The van der Waals surface area contributed by atoms with E-state index in [1.54, 1.807) is 6.08 Å². The molecule has 4 heteroatoms. The van der Waals surface area contributed by atoms with Gasteiger partial charge in [-0.25, -0.2) is 4.79 Å². The topological polar surface area (TPSA) is 49.4 Å². The highest BCUT2D eigenvalue weighted by Gasteiger charge is 2.32. The van der Waals surface area contributed by atoms with E-state index < -0.39 is 6.03 Å². The lowest BCUT2D eigenvalue weighted by atomic mass is 10.2. The van der Waals surface area contributed by atoms with Crippen LogP contribution in [0.5, 0.6) is 0 Å². The minimum atomic E-state index is -0.405. The van der Waals surface area contributed by atoms with E-state index in [1.165, 1.54) is 6.08 Å². The van der Waals surface area contributed by atoms with Crippen LogP contribution in [0.1, 0.15) is 5.56 Å². The van der Waals surface area contributed by atoms with Crippen molar-refractivity contribution in [1.82, 2.24) is 10.2 Å². The number of hydrogen-bond acceptors (Lipinski definition) is 2. The molecule has 1 N–H and O–H groups in total. The zero-order valence-electron chi connectivity index (χ0n) is 9.22. The summed E-state index contributed by atoms with van der Waals surface area (Å²) in [6, 6.07) is 8.95. The predicted octanol–water partition coefficient (Wildman–Crippen LogP) is 1.77. The molecule has 0 unspecified atom stereocenters. The molecule has 3 amide bonds. The predicted molar refractivity (Wildman–Crippen MR) is 64.9 cm³/mol. The smallest absolute Gasteiger partial charge is 0.303 e. The summed E-state index contributed by atoms with van der Waals surface area (Å²) in [4.78, 5) is 24.4. The summed E-state index contributed by atoms with van der Waals surface area (Å²) in [7, 11) is 0. The number of nitrogens with zero attached hydrogens (tertiary/aromatic N) is 1. The molecular formula is C13H12N2O2. The van der Waals surface area contributed by atoms with Crippen molar-refractivity contribution in [3.05, 3.63) is 54.2 Å². The molecule has 1 aliphatic rings. The summed E-state index contributed by atoms with van der Waals surface area (Å²) in [6.07, 6.45) is 3.17. The van der Waals surface area contributed by atoms with E-state index in [2.05, 4.69) is 11.9 Å². The summed E-state index contributed by atoms with van der Waals surface area (Å²) in [5.41, 5.74) is 1.17. The molecule has 86 valence electrons. The van der Waals surface area contributed by atoms with Crippen LogP contribution < -0.4 is 5.32 Å². The highest BCUT2D eigenvalue weighted by molar-refractivity contribution is 6.14. The second-order valence-electron chi connectivity index (χ2n) is 3.60. The van der Waals surface area contributed by atoms with Gasteiger partial charge in [0.25, 0.3) is 5.91 Å². The van der Waals surface area contributed by atoms with Crippen LogP contribution in [0, 0.1) is 0 Å². The number of benzene rings is 1. The Labute approximate surface area is 99.2 Å². The van der Waals surface area contributed by atoms with E-state index in [-0.39, 0.29) is 12.5 Å². The van der Waals surface area contributed by atoms with Crippen LogP contribution >= 0.6 is 0 Å². The third-order valence-electron chi connectivity index (χ3n) is 2.38. The molecule has 1 heterocycles. The maximum Gasteiger partial charge on any atom is 0.329 e. The Morgan fingerprint density at radius 1 is 1.24 bits per heavy atom. The fourth-order valence-corrected chi connectivity index (χ4v) is 1.58. The second kappa shape index (κ2) is 4.65. The third-order valence-corrected chi connectivity index (χ3v) is 2.38. The lowest BCUT2D eigenvalue weighted by Gasteiger charge is -2.06. The van der Waals surface area contributed by atoms with Gasteiger partial charge in [0.05, 0.1) is 0 Å². The summed E-state index contributed by atoms with van der Waals surface area (Å²) >= 11 is 0. The van der Waals surface area contributed by atoms with Gasteiger partial charge in [0.15, 0.2) is 0 Å². The summed E-state index contributed by atoms with van der Waals surface area (Å²) in [6.45, 7) is 3.73. The van der Waals surface area contributed by atoms with E-state index in [0.717, 1.165) is 10.5 Å². The maximum atomic E-state index is 11.8. The molecule has 0 aromatic heterocycles. The van der Waals surface area contributed by atoms with Crippen molar-refractivity contribution in [3.8, 4) is 0 Å².